The summed E-state index contributed by atoms with van der Waals surface area (Å²) in [5.74, 6) is 0.897. The lowest BCUT2D eigenvalue weighted by Gasteiger charge is -2.28. The van der Waals surface area contributed by atoms with Crippen molar-refractivity contribution >= 4 is 21.6 Å². The van der Waals surface area contributed by atoms with Crippen LogP contribution in [0.25, 0.3) is 0 Å². The lowest BCUT2D eigenvalue weighted by molar-refractivity contribution is -0.122. The Hall–Kier alpha value is -3.36. The molecule has 4 rings (SSSR count). The summed E-state index contributed by atoms with van der Waals surface area (Å²) < 4.78 is 32.3. The predicted molar refractivity (Wildman–Crippen MR) is 143 cm³/mol. The molecule has 0 bridgehead atoms. The molecule has 0 spiro atoms. The molecule has 0 aromatic heterocycles. The third-order valence-corrected chi connectivity index (χ3v) is 7.56. The van der Waals surface area contributed by atoms with Gasteiger partial charge in [0.1, 0.15) is 17.5 Å². The van der Waals surface area contributed by atoms with Crippen molar-refractivity contribution in [1.82, 2.24) is 10.2 Å². The van der Waals surface area contributed by atoms with E-state index in [4.69, 9.17) is 4.74 Å². The monoisotopic (exact) mass is 507 g/mol. The van der Waals surface area contributed by atoms with Crippen LogP contribution >= 0.6 is 0 Å². The van der Waals surface area contributed by atoms with Gasteiger partial charge in [0.15, 0.2) is 0 Å². The number of nitrogens with zero attached hydrogens (tertiary/aromatic N) is 2. The van der Waals surface area contributed by atoms with E-state index in [-0.39, 0.29) is 5.91 Å². The quantitative estimate of drug-likeness (QED) is 0.436. The molecule has 190 valence electrons. The Balaban J connectivity index is 1.44. The Morgan fingerprint density at radius 1 is 0.917 bits per heavy atom. The zero-order chi connectivity index (χ0) is 25.5. The number of likely N-dealkylation sites (tertiary alicyclic amines) is 1. The van der Waals surface area contributed by atoms with Gasteiger partial charge in [-0.15, -0.1) is 0 Å². The molecule has 0 radical (unpaired) electrons. The minimum atomic E-state index is -3.72. The average Bonchev–Trinajstić information content (AvgIpc) is 3.37. The van der Waals surface area contributed by atoms with E-state index in [1.54, 1.807) is 31.2 Å². The first-order valence-electron chi connectivity index (χ1n) is 12.2. The average molecular weight is 508 g/mol. The maximum atomic E-state index is 13.1. The number of hydrogen-bond acceptors (Lipinski definition) is 5. The number of para-hydroxylation sites is 1. The lowest BCUT2D eigenvalue weighted by atomic mass is 10.1. The molecule has 0 unspecified atom stereocenters. The number of hydrogen-bond donors (Lipinski definition) is 1. The third kappa shape index (κ3) is 6.65. The Kier molecular flexibility index (Phi) is 8.28. The van der Waals surface area contributed by atoms with Crippen LogP contribution in [0.1, 0.15) is 30.9 Å². The summed E-state index contributed by atoms with van der Waals surface area (Å²) in [4.78, 5) is 15.5. The van der Waals surface area contributed by atoms with Gasteiger partial charge >= 0.3 is 0 Å². The van der Waals surface area contributed by atoms with Crippen molar-refractivity contribution in [3.63, 3.8) is 0 Å². The number of carbonyl (C=O) groups is 1. The van der Waals surface area contributed by atoms with E-state index >= 15 is 0 Å². The van der Waals surface area contributed by atoms with Gasteiger partial charge in [0, 0.05) is 13.1 Å². The second kappa shape index (κ2) is 11.6. The van der Waals surface area contributed by atoms with E-state index in [9.17, 15) is 13.2 Å². The number of nitrogens with one attached hydrogen (secondary N) is 1. The van der Waals surface area contributed by atoms with Crippen LogP contribution in [0.3, 0.4) is 0 Å². The van der Waals surface area contributed by atoms with Crippen LogP contribution in [-0.2, 0) is 27.9 Å². The molecule has 0 saturated carbocycles. The van der Waals surface area contributed by atoms with Crippen LogP contribution < -0.4 is 14.4 Å². The van der Waals surface area contributed by atoms with Crippen LogP contribution in [0.15, 0.2) is 78.9 Å². The Bertz CT molecular complexity index is 1260. The summed E-state index contributed by atoms with van der Waals surface area (Å²) in [5, 5.41) is 2.94. The highest BCUT2D eigenvalue weighted by molar-refractivity contribution is 7.92. The molecule has 1 atom stereocenters. The van der Waals surface area contributed by atoms with E-state index in [1.165, 1.54) is 18.4 Å². The van der Waals surface area contributed by atoms with E-state index in [2.05, 4.69) is 16.3 Å². The molecule has 1 fully saturated rings. The number of sulfonamides is 1. The van der Waals surface area contributed by atoms with Crippen molar-refractivity contribution < 1.29 is 17.9 Å². The van der Waals surface area contributed by atoms with Crippen LogP contribution in [0.4, 0.5) is 5.69 Å². The number of rotatable bonds is 10. The largest absolute Gasteiger partial charge is 0.457 e. The highest BCUT2D eigenvalue weighted by Crippen LogP contribution is 2.27. The van der Waals surface area contributed by atoms with Crippen molar-refractivity contribution in [2.45, 2.75) is 38.9 Å². The van der Waals surface area contributed by atoms with Gasteiger partial charge in [0.2, 0.25) is 15.9 Å². The minimum Gasteiger partial charge on any atom is -0.457 e. The van der Waals surface area contributed by atoms with Crippen LogP contribution in [0.5, 0.6) is 11.5 Å². The molecular formula is C28H33N3O4S. The second-order valence-corrected chi connectivity index (χ2v) is 11.0. The summed E-state index contributed by atoms with van der Waals surface area (Å²) in [6.45, 7) is 4.98. The second-order valence-electron chi connectivity index (χ2n) is 9.11. The molecule has 8 heteroatoms. The van der Waals surface area contributed by atoms with Gasteiger partial charge < -0.3 is 10.1 Å². The van der Waals surface area contributed by atoms with Gasteiger partial charge in [-0.3, -0.25) is 14.0 Å². The van der Waals surface area contributed by atoms with E-state index in [0.717, 1.165) is 35.8 Å². The fraction of sp³-hybridized carbons (Fsp3) is 0.321. The molecule has 0 aliphatic carbocycles. The predicted octanol–water partition coefficient (Wildman–Crippen LogP) is 4.55. The maximum Gasteiger partial charge on any atom is 0.243 e. The van der Waals surface area contributed by atoms with Crippen molar-refractivity contribution in [3.8, 4) is 11.5 Å². The minimum absolute atomic E-state index is 0.342. The Morgan fingerprint density at radius 3 is 2.14 bits per heavy atom. The number of carbonyl (C=O) groups excluding carboxylic acids is 1. The first-order chi connectivity index (χ1) is 17.3. The Labute approximate surface area is 213 Å². The first-order valence-corrected chi connectivity index (χ1v) is 14.1. The summed E-state index contributed by atoms with van der Waals surface area (Å²) >= 11 is 0. The van der Waals surface area contributed by atoms with Crippen LogP contribution in [0, 0.1) is 0 Å². The van der Waals surface area contributed by atoms with E-state index in [1.807, 2.05) is 48.5 Å². The van der Waals surface area contributed by atoms with Gasteiger partial charge in [-0.25, -0.2) is 8.42 Å². The van der Waals surface area contributed by atoms with Crippen molar-refractivity contribution in [1.29, 1.82) is 0 Å². The summed E-state index contributed by atoms with van der Waals surface area (Å²) in [6, 6.07) is 23.2. The number of ether oxygens (including phenoxy) is 1. The smallest absolute Gasteiger partial charge is 0.243 e. The molecule has 1 N–H and O–H groups in total. The summed E-state index contributed by atoms with van der Waals surface area (Å²) in [5.41, 5.74) is 2.62. The number of benzene rings is 3. The fourth-order valence-corrected chi connectivity index (χ4v) is 5.67. The highest BCUT2D eigenvalue weighted by Gasteiger charge is 2.29. The highest BCUT2D eigenvalue weighted by atomic mass is 32.2. The van der Waals surface area contributed by atoms with Crippen molar-refractivity contribution in [3.05, 3.63) is 90.0 Å². The SMILES string of the molecule is C[C@@H](C(=O)NCc1ccccc1CN1CCCC1)N(c1ccc(Oc2ccccc2)cc1)S(C)(=O)=O. The number of amides is 1. The summed E-state index contributed by atoms with van der Waals surface area (Å²) in [6.07, 6.45) is 3.55. The molecule has 3 aromatic carbocycles. The lowest BCUT2D eigenvalue weighted by Crippen LogP contribution is -2.47. The molecule has 1 aliphatic rings. The fourth-order valence-electron chi connectivity index (χ4n) is 4.49. The third-order valence-electron chi connectivity index (χ3n) is 6.32. The molecule has 1 aliphatic heterocycles. The maximum absolute atomic E-state index is 13.1. The van der Waals surface area contributed by atoms with Gasteiger partial charge in [0.25, 0.3) is 0 Å². The van der Waals surface area contributed by atoms with Gasteiger partial charge in [-0.1, -0.05) is 42.5 Å². The molecule has 36 heavy (non-hydrogen) atoms. The van der Waals surface area contributed by atoms with E-state index < -0.39 is 16.1 Å². The zero-order valence-electron chi connectivity index (χ0n) is 20.8. The first kappa shape index (κ1) is 25.7. The van der Waals surface area contributed by atoms with Crippen LogP contribution in [-0.4, -0.2) is 44.6 Å². The standard InChI is InChI=1S/C28H33N3O4S/c1-22(28(32)29-20-23-10-6-7-11-24(23)21-30-18-8-9-19-30)31(36(2,33)34)25-14-16-27(17-15-25)35-26-12-4-3-5-13-26/h3-7,10-17,22H,8-9,18-21H2,1-2H3,(H,29,32)/t22-/m0/s1. The van der Waals surface area contributed by atoms with Crippen LogP contribution in [0.2, 0.25) is 0 Å². The van der Waals surface area contributed by atoms with E-state index in [0.29, 0.717) is 23.7 Å². The number of anilines is 1. The molecule has 1 amide bonds. The normalized spacial score (nSPS) is 14.8. The van der Waals surface area contributed by atoms with Gasteiger partial charge in [-0.05, 0) is 80.4 Å². The molecule has 1 saturated heterocycles. The van der Waals surface area contributed by atoms with Gasteiger partial charge in [-0.2, -0.15) is 0 Å². The Morgan fingerprint density at radius 2 is 1.50 bits per heavy atom. The molecular weight excluding hydrogens is 474 g/mol. The zero-order valence-corrected chi connectivity index (χ0v) is 21.6. The molecule has 1 heterocycles. The van der Waals surface area contributed by atoms with Crippen molar-refractivity contribution in [2.75, 3.05) is 23.7 Å². The molecule has 7 nitrogen and oxygen atoms in total. The van der Waals surface area contributed by atoms with Gasteiger partial charge in [0.05, 0.1) is 11.9 Å². The summed E-state index contributed by atoms with van der Waals surface area (Å²) in [7, 11) is -3.72. The van der Waals surface area contributed by atoms with Crippen molar-refractivity contribution in [2.24, 2.45) is 0 Å². The molecule has 3 aromatic rings. The topological polar surface area (TPSA) is 79.0 Å².